The maximum atomic E-state index is 12.2. The molecule has 2 aliphatic heterocycles. The first-order chi connectivity index (χ1) is 8.83. The second-order valence-corrected chi connectivity index (χ2v) is 5.52. The van der Waals surface area contributed by atoms with Crippen molar-refractivity contribution >= 4 is 5.91 Å². The fourth-order valence-electron chi connectivity index (χ4n) is 3.37. The number of methoxy groups -OCH3 is 1. The van der Waals surface area contributed by atoms with Gasteiger partial charge in [-0.2, -0.15) is 0 Å². The van der Waals surface area contributed by atoms with Crippen LogP contribution < -0.4 is 5.32 Å². The average molecular weight is 254 g/mol. The Balaban J connectivity index is 2.03. The van der Waals surface area contributed by atoms with E-state index in [2.05, 4.69) is 10.2 Å². The Morgan fingerprint density at radius 3 is 2.72 bits per heavy atom. The van der Waals surface area contributed by atoms with Gasteiger partial charge in [-0.15, -0.1) is 0 Å². The number of nitrogens with one attached hydrogen (secondary N) is 1. The molecule has 1 N–H and O–H groups in total. The van der Waals surface area contributed by atoms with Gasteiger partial charge in [-0.25, -0.2) is 0 Å². The highest BCUT2D eigenvalue weighted by Crippen LogP contribution is 2.28. The molecule has 2 aliphatic rings. The molecule has 0 unspecified atom stereocenters. The number of hydrogen-bond acceptors (Lipinski definition) is 3. The fraction of sp³-hybridized carbons (Fsp3) is 0.929. The molecular formula is C14H26N2O2. The quantitative estimate of drug-likeness (QED) is 0.828. The van der Waals surface area contributed by atoms with Crippen molar-refractivity contribution in [3.63, 3.8) is 0 Å². The van der Waals surface area contributed by atoms with Crippen LogP contribution in [0.3, 0.4) is 0 Å². The largest absolute Gasteiger partial charge is 0.375 e. The third-order valence-electron chi connectivity index (χ3n) is 4.32. The molecule has 18 heavy (non-hydrogen) atoms. The van der Waals surface area contributed by atoms with Gasteiger partial charge in [0.25, 0.3) is 0 Å². The normalized spacial score (nSPS) is 26.9. The predicted molar refractivity (Wildman–Crippen MR) is 71.4 cm³/mol. The van der Waals surface area contributed by atoms with Gasteiger partial charge in [0.15, 0.2) is 0 Å². The summed E-state index contributed by atoms with van der Waals surface area (Å²) in [5.41, 5.74) is 0. The Bertz CT molecular complexity index is 265. The van der Waals surface area contributed by atoms with E-state index in [4.69, 9.17) is 4.74 Å². The van der Waals surface area contributed by atoms with Crippen molar-refractivity contribution in [3.8, 4) is 0 Å². The van der Waals surface area contributed by atoms with E-state index in [0.29, 0.717) is 12.0 Å². The Kier molecular flexibility index (Phi) is 5.45. The molecule has 0 bridgehead atoms. The predicted octanol–water partition coefficient (Wildman–Crippen LogP) is 1.40. The van der Waals surface area contributed by atoms with Crippen LogP contribution in [0.25, 0.3) is 0 Å². The first-order valence-corrected chi connectivity index (χ1v) is 7.32. The third kappa shape index (κ3) is 3.45. The number of piperidine rings is 1. The second kappa shape index (κ2) is 7.10. The molecule has 0 radical (unpaired) electrons. The minimum atomic E-state index is 0.183. The zero-order valence-corrected chi connectivity index (χ0v) is 11.5. The van der Waals surface area contributed by atoms with Crippen molar-refractivity contribution in [1.29, 1.82) is 0 Å². The summed E-state index contributed by atoms with van der Waals surface area (Å²) in [7, 11) is 1.61. The Hall–Kier alpha value is -0.610. The lowest BCUT2D eigenvalue weighted by Crippen LogP contribution is -2.48. The maximum Gasteiger partial charge on any atom is 0.248 e. The number of hydrogen-bond donors (Lipinski definition) is 1. The highest BCUT2D eigenvalue weighted by molar-refractivity contribution is 5.77. The molecule has 2 saturated heterocycles. The standard InChI is InChI=1S/C14H26N2O2/c1-18-11-14(17)16-10-4-2-3-5-13(16)12-6-8-15-9-7-12/h12-13,15H,2-11H2,1H3/t13-/m1/s1. The molecule has 0 saturated carbocycles. The van der Waals surface area contributed by atoms with Crippen LogP contribution in [0.4, 0.5) is 0 Å². The van der Waals surface area contributed by atoms with Crippen molar-refractivity contribution < 1.29 is 9.53 Å². The van der Waals surface area contributed by atoms with Gasteiger partial charge in [-0.05, 0) is 44.7 Å². The number of carbonyl (C=O) groups is 1. The van der Waals surface area contributed by atoms with Crippen molar-refractivity contribution in [2.45, 2.75) is 44.6 Å². The Labute approximate surface area is 110 Å². The van der Waals surface area contributed by atoms with E-state index in [1.54, 1.807) is 7.11 Å². The van der Waals surface area contributed by atoms with Crippen molar-refractivity contribution in [3.05, 3.63) is 0 Å². The summed E-state index contributed by atoms with van der Waals surface area (Å²) in [4.78, 5) is 14.3. The molecule has 2 heterocycles. The second-order valence-electron chi connectivity index (χ2n) is 5.52. The van der Waals surface area contributed by atoms with Gasteiger partial charge >= 0.3 is 0 Å². The van der Waals surface area contributed by atoms with Crippen LogP contribution in [-0.2, 0) is 9.53 Å². The van der Waals surface area contributed by atoms with Gasteiger partial charge in [0.2, 0.25) is 5.91 Å². The van der Waals surface area contributed by atoms with Gasteiger partial charge in [0.1, 0.15) is 6.61 Å². The number of likely N-dealkylation sites (tertiary alicyclic amines) is 1. The lowest BCUT2D eigenvalue weighted by Gasteiger charge is -2.38. The zero-order chi connectivity index (χ0) is 12.8. The van der Waals surface area contributed by atoms with Gasteiger partial charge in [0, 0.05) is 19.7 Å². The van der Waals surface area contributed by atoms with Gasteiger partial charge in [0.05, 0.1) is 0 Å². The van der Waals surface area contributed by atoms with E-state index >= 15 is 0 Å². The van der Waals surface area contributed by atoms with Crippen LogP contribution in [0.15, 0.2) is 0 Å². The first kappa shape index (κ1) is 13.8. The number of amides is 1. The smallest absolute Gasteiger partial charge is 0.248 e. The summed E-state index contributed by atoms with van der Waals surface area (Å²) in [6.45, 7) is 3.37. The number of ether oxygens (including phenoxy) is 1. The van der Waals surface area contributed by atoms with Crippen molar-refractivity contribution in [2.75, 3.05) is 33.4 Å². The van der Waals surface area contributed by atoms with Crippen LogP contribution in [0.1, 0.15) is 38.5 Å². The maximum absolute atomic E-state index is 12.2. The van der Waals surface area contributed by atoms with E-state index in [1.165, 1.54) is 32.1 Å². The van der Waals surface area contributed by atoms with E-state index in [-0.39, 0.29) is 12.5 Å². The molecule has 1 atom stereocenters. The highest BCUT2D eigenvalue weighted by atomic mass is 16.5. The minimum absolute atomic E-state index is 0.183. The van der Waals surface area contributed by atoms with Gasteiger partial charge < -0.3 is 15.0 Å². The molecule has 0 aromatic carbocycles. The summed E-state index contributed by atoms with van der Waals surface area (Å²) in [5.74, 6) is 0.869. The highest BCUT2D eigenvalue weighted by Gasteiger charge is 2.32. The molecular weight excluding hydrogens is 228 g/mol. The summed E-state index contributed by atoms with van der Waals surface area (Å²) in [6, 6.07) is 0.456. The minimum Gasteiger partial charge on any atom is -0.375 e. The number of carbonyl (C=O) groups excluding carboxylic acids is 1. The van der Waals surface area contributed by atoms with Crippen molar-refractivity contribution in [2.24, 2.45) is 5.92 Å². The summed E-state index contributed by atoms with van der Waals surface area (Å²) >= 11 is 0. The van der Waals surface area contributed by atoms with Crippen molar-refractivity contribution in [1.82, 2.24) is 10.2 Å². The molecule has 0 aromatic heterocycles. The summed E-state index contributed by atoms with van der Waals surface area (Å²) in [6.07, 6.45) is 7.28. The number of rotatable bonds is 3. The first-order valence-electron chi connectivity index (χ1n) is 7.32. The van der Waals surface area contributed by atoms with Crippen LogP contribution in [0.2, 0.25) is 0 Å². The Morgan fingerprint density at radius 2 is 2.00 bits per heavy atom. The molecule has 1 amide bonds. The molecule has 4 nitrogen and oxygen atoms in total. The van der Waals surface area contributed by atoms with Crippen LogP contribution in [-0.4, -0.2) is 50.2 Å². The topological polar surface area (TPSA) is 41.6 Å². The molecule has 4 heteroatoms. The Morgan fingerprint density at radius 1 is 1.22 bits per heavy atom. The fourth-order valence-corrected chi connectivity index (χ4v) is 3.37. The average Bonchev–Trinajstić information content (AvgIpc) is 2.65. The lowest BCUT2D eigenvalue weighted by atomic mass is 9.87. The zero-order valence-electron chi connectivity index (χ0n) is 11.5. The summed E-state index contributed by atoms with van der Waals surface area (Å²) in [5, 5.41) is 3.41. The van der Waals surface area contributed by atoms with Crippen LogP contribution >= 0.6 is 0 Å². The molecule has 0 aromatic rings. The molecule has 2 fully saturated rings. The lowest BCUT2D eigenvalue weighted by molar-refractivity contribution is -0.138. The number of nitrogens with zero attached hydrogens (tertiary/aromatic N) is 1. The third-order valence-corrected chi connectivity index (χ3v) is 4.32. The SMILES string of the molecule is COCC(=O)N1CCCCC[C@@H]1C1CCNCC1. The van der Waals surface area contributed by atoms with E-state index in [0.717, 1.165) is 26.1 Å². The molecule has 0 aliphatic carbocycles. The molecule has 104 valence electrons. The molecule has 2 rings (SSSR count). The van der Waals surface area contributed by atoms with E-state index in [9.17, 15) is 4.79 Å². The molecule has 0 spiro atoms. The van der Waals surface area contributed by atoms with Gasteiger partial charge in [-0.3, -0.25) is 4.79 Å². The monoisotopic (exact) mass is 254 g/mol. The van der Waals surface area contributed by atoms with E-state index < -0.39 is 0 Å². The van der Waals surface area contributed by atoms with Gasteiger partial charge in [-0.1, -0.05) is 12.8 Å². The summed E-state index contributed by atoms with van der Waals surface area (Å²) < 4.78 is 5.03. The van der Waals surface area contributed by atoms with Crippen LogP contribution in [0, 0.1) is 5.92 Å². The van der Waals surface area contributed by atoms with E-state index in [1.807, 2.05) is 0 Å². The van der Waals surface area contributed by atoms with Crippen LogP contribution in [0.5, 0.6) is 0 Å².